The van der Waals surface area contributed by atoms with Crippen molar-refractivity contribution in [2.45, 2.75) is 12.3 Å². The first-order valence-electron chi connectivity index (χ1n) is 7.53. The van der Waals surface area contributed by atoms with Gasteiger partial charge in [-0.3, -0.25) is 9.20 Å². The first kappa shape index (κ1) is 18.2. The highest BCUT2D eigenvalue weighted by atomic mass is 35.5. The maximum atomic E-state index is 12.4. The first-order chi connectivity index (χ1) is 12.3. The van der Waals surface area contributed by atoms with Gasteiger partial charge in [-0.25, -0.2) is 4.98 Å². The van der Waals surface area contributed by atoms with E-state index < -0.39 is 24.7 Å². The van der Waals surface area contributed by atoms with Gasteiger partial charge in [0, 0.05) is 16.8 Å². The summed E-state index contributed by atoms with van der Waals surface area (Å²) in [6.07, 6.45) is -5.88. The second kappa shape index (κ2) is 6.97. The van der Waals surface area contributed by atoms with E-state index in [1.807, 2.05) is 0 Å². The Balaban J connectivity index is 1.96. The summed E-state index contributed by atoms with van der Waals surface area (Å²) in [4.78, 5) is 16.6. The minimum Gasteiger partial charge on any atom is -0.382 e. The van der Waals surface area contributed by atoms with E-state index in [4.69, 9.17) is 16.7 Å². The highest BCUT2D eigenvalue weighted by Crippen LogP contribution is 2.27. The molecule has 1 atom stereocenters. The molecule has 2 N–H and O–H groups in total. The van der Waals surface area contributed by atoms with E-state index in [1.165, 1.54) is 4.40 Å². The topological polar surface area (TPSA) is 66.6 Å². The number of fused-ring (bicyclic) bond motifs is 1. The number of nitrogens with zero attached hydrogens (tertiary/aromatic N) is 2. The Bertz CT molecular complexity index is 956. The van der Waals surface area contributed by atoms with Crippen molar-refractivity contribution in [3.63, 3.8) is 0 Å². The zero-order chi connectivity index (χ0) is 18.9. The average Bonchev–Trinajstić information content (AvgIpc) is 2.98. The molecule has 0 spiro atoms. The van der Waals surface area contributed by atoms with Crippen molar-refractivity contribution in [2.24, 2.45) is 0 Å². The Morgan fingerprint density at radius 3 is 2.73 bits per heavy atom. The van der Waals surface area contributed by atoms with Crippen molar-refractivity contribution >= 4 is 23.0 Å². The summed E-state index contributed by atoms with van der Waals surface area (Å²) in [5.41, 5.74) is 1.72. The second-order valence-electron chi connectivity index (χ2n) is 5.52. The predicted octanol–water partition coefficient (Wildman–Crippen LogP) is 3.31. The van der Waals surface area contributed by atoms with Crippen molar-refractivity contribution < 1.29 is 23.1 Å². The zero-order valence-electron chi connectivity index (χ0n) is 13.2. The number of hydrogen-bond acceptors (Lipinski definition) is 3. The largest absolute Gasteiger partial charge is 0.416 e. The third-order valence-electron chi connectivity index (χ3n) is 3.68. The molecule has 1 amide bonds. The van der Waals surface area contributed by atoms with E-state index >= 15 is 0 Å². The number of aliphatic hydroxyl groups is 1. The smallest absolute Gasteiger partial charge is 0.382 e. The van der Waals surface area contributed by atoms with Crippen LogP contribution in [0.5, 0.6) is 0 Å². The van der Waals surface area contributed by atoms with Gasteiger partial charge in [-0.2, -0.15) is 13.2 Å². The van der Waals surface area contributed by atoms with Crippen LogP contribution in [0.1, 0.15) is 10.6 Å². The number of imidazole rings is 1. The van der Waals surface area contributed by atoms with Crippen molar-refractivity contribution in [1.82, 2.24) is 14.7 Å². The van der Waals surface area contributed by atoms with Gasteiger partial charge >= 0.3 is 6.18 Å². The molecule has 9 heteroatoms. The lowest BCUT2D eigenvalue weighted by Crippen LogP contribution is -2.41. The van der Waals surface area contributed by atoms with E-state index in [-0.39, 0.29) is 5.82 Å². The molecule has 5 nitrogen and oxygen atoms in total. The van der Waals surface area contributed by atoms with Crippen LogP contribution in [0.15, 0.2) is 48.7 Å². The number of aliphatic hydroxyl groups excluding tert-OH is 1. The second-order valence-corrected chi connectivity index (χ2v) is 5.95. The summed E-state index contributed by atoms with van der Waals surface area (Å²) < 4.78 is 38.6. The monoisotopic (exact) mass is 383 g/mol. The van der Waals surface area contributed by atoms with Gasteiger partial charge in [0.1, 0.15) is 0 Å². The van der Waals surface area contributed by atoms with E-state index in [9.17, 15) is 18.0 Å². The molecule has 26 heavy (non-hydrogen) atoms. The van der Waals surface area contributed by atoms with Crippen molar-refractivity contribution in [2.75, 3.05) is 6.54 Å². The molecule has 1 unspecified atom stereocenters. The summed E-state index contributed by atoms with van der Waals surface area (Å²) in [5, 5.41) is 11.6. The Kier molecular flexibility index (Phi) is 4.88. The normalized spacial score (nSPS) is 13.0. The summed E-state index contributed by atoms with van der Waals surface area (Å²) in [7, 11) is 0. The minimum absolute atomic E-state index is 0.0926. The molecule has 3 aromatic rings. The summed E-state index contributed by atoms with van der Waals surface area (Å²) >= 11 is 5.99. The molecule has 3 rings (SSSR count). The van der Waals surface area contributed by atoms with Gasteiger partial charge < -0.3 is 10.4 Å². The van der Waals surface area contributed by atoms with E-state index in [0.717, 1.165) is 0 Å². The lowest BCUT2D eigenvalue weighted by atomic mass is 10.1. The van der Waals surface area contributed by atoms with E-state index in [1.54, 1.807) is 48.7 Å². The summed E-state index contributed by atoms with van der Waals surface area (Å²) in [5.74, 6) is -0.923. The van der Waals surface area contributed by atoms with Crippen LogP contribution in [0, 0.1) is 0 Å². The van der Waals surface area contributed by atoms with Gasteiger partial charge in [-0.05, 0) is 24.3 Å². The fraction of sp³-hybridized carbons (Fsp3) is 0.176. The third kappa shape index (κ3) is 3.66. The molecule has 0 bridgehead atoms. The molecule has 0 aliphatic carbocycles. The maximum absolute atomic E-state index is 12.4. The molecular weight excluding hydrogens is 371 g/mol. The number of benzene rings is 1. The number of carbonyl (C=O) groups excluding carboxylic acids is 1. The van der Waals surface area contributed by atoms with Crippen LogP contribution in [0.4, 0.5) is 13.2 Å². The summed E-state index contributed by atoms with van der Waals surface area (Å²) in [6, 6.07) is 12.0. The van der Waals surface area contributed by atoms with Gasteiger partial charge in [0.2, 0.25) is 5.82 Å². The maximum Gasteiger partial charge on any atom is 0.416 e. The molecule has 1 aromatic carbocycles. The van der Waals surface area contributed by atoms with Crippen LogP contribution in [0.25, 0.3) is 16.8 Å². The number of hydrogen-bond donors (Lipinski definition) is 2. The highest BCUT2D eigenvalue weighted by molar-refractivity contribution is 6.30. The number of alkyl halides is 3. The molecular formula is C17H13ClF3N3O2. The third-order valence-corrected chi connectivity index (χ3v) is 3.92. The molecule has 2 heterocycles. The fourth-order valence-corrected chi connectivity index (χ4v) is 2.62. The lowest BCUT2D eigenvalue weighted by Gasteiger charge is -2.14. The SMILES string of the molecule is O=C(NCC(O)C(F)(F)F)c1nc(-c2cccc(Cl)c2)c2ccccn12. The Hall–Kier alpha value is -2.58. The number of rotatable bonds is 4. The number of amides is 1. The zero-order valence-corrected chi connectivity index (χ0v) is 13.9. The molecule has 0 radical (unpaired) electrons. The van der Waals surface area contributed by atoms with Crippen LogP contribution < -0.4 is 5.32 Å². The van der Waals surface area contributed by atoms with Crippen LogP contribution in [-0.2, 0) is 0 Å². The average molecular weight is 384 g/mol. The van der Waals surface area contributed by atoms with Gasteiger partial charge in [0.25, 0.3) is 5.91 Å². The standard InChI is InChI=1S/C17H13ClF3N3O2/c18-11-5-3-4-10(8-11)14-12-6-1-2-7-24(12)15(23-14)16(26)22-9-13(25)17(19,20)21/h1-8,13,25H,9H2,(H,22,26). The molecule has 0 aliphatic rings. The number of aromatic nitrogens is 2. The van der Waals surface area contributed by atoms with Gasteiger partial charge in [0.15, 0.2) is 6.10 Å². The molecule has 0 aliphatic heterocycles. The Morgan fingerprint density at radius 1 is 1.27 bits per heavy atom. The van der Waals surface area contributed by atoms with Crippen molar-refractivity contribution in [3.8, 4) is 11.3 Å². The van der Waals surface area contributed by atoms with E-state index in [2.05, 4.69) is 10.3 Å². The van der Waals surface area contributed by atoms with Crippen LogP contribution in [0.2, 0.25) is 5.02 Å². The van der Waals surface area contributed by atoms with Crippen LogP contribution in [0.3, 0.4) is 0 Å². The molecule has 0 saturated carbocycles. The fourth-order valence-electron chi connectivity index (χ4n) is 2.43. The van der Waals surface area contributed by atoms with Crippen molar-refractivity contribution in [1.29, 1.82) is 0 Å². The lowest BCUT2D eigenvalue weighted by molar-refractivity contribution is -0.201. The van der Waals surface area contributed by atoms with Crippen LogP contribution >= 0.6 is 11.6 Å². The Labute approximate surface area is 151 Å². The highest BCUT2D eigenvalue weighted by Gasteiger charge is 2.38. The predicted molar refractivity (Wildman–Crippen MR) is 90.0 cm³/mol. The number of nitrogens with one attached hydrogen (secondary N) is 1. The van der Waals surface area contributed by atoms with Crippen molar-refractivity contribution in [3.05, 3.63) is 59.5 Å². The van der Waals surface area contributed by atoms with Crippen LogP contribution in [-0.4, -0.2) is 39.2 Å². The Morgan fingerprint density at radius 2 is 2.04 bits per heavy atom. The van der Waals surface area contributed by atoms with Gasteiger partial charge in [-0.1, -0.05) is 29.8 Å². The van der Waals surface area contributed by atoms with E-state index in [0.29, 0.717) is 21.8 Å². The first-order valence-corrected chi connectivity index (χ1v) is 7.91. The van der Waals surface area contributed by atoms with Gasteiger partial charge in [-0.15, -0.1) is 0 Å². The molecule has 0 saturated heterocycles. The molecule has 0 fully saturated rings. The number of carbonyl (C=O) groups is 1. The molecule has 2 aromatic heterocycles. The quantitative estimate of drug-likeness (QED) is 0.726. The minimum atomic E-state index is -4.81. The molecule has 136 valence electrons. The van der Waals surface area contributed by atoms with Gasteiger partial charge in [0.05, 0.1) is 17.8 Å². The number of pyridine rings is 1. The number of halogens is 4. The summed E-state index contributed by atoms with van der Waals surface area (Å²) in [6.45, 7) is -0.962.